The molecule has 16 heavy (non-hydrogen) atoms. The van der Waals surface area contributed by atoms with Gasteiger partial charge in [-0.1, -0.05) is 44.2 Å². The van der Waals surface area contributed by atoms with E-state index in [4.69, 9.17) is 5.73 Å². The van der Waals surface area contributed by atoms with Crippen LogP contribution in [0.25, 0.3) is 10.4 Å². The third-order valence-electron chi connectivity index (χ3n) is 2.73. The van der Waals surface area contributed by atoms with E-state index in [0.29, 0.717) is 5.92 Å². The minimum atomic E-state index is 0.155. The molecular formula is C14H17NS. The van der Waals surface area contributed by atoms with Gasteiger partial charge in [-0.25, -0.2) is 0 Å². The Kier molecular flexibility index (Phi) is 3.42. The first kappa shape index (κ1) is 11.4. The second-order valence-electron chi connectivity index (χ2n) is 4.34. The summed E-state index contributed by atoms with van der Waals surface area (Å²) in [7, 11) is 0. The molecule has 2 heteroatoms. The molecule has 0 saturated heterocycles. The Balaban J connectivity index is 2.27. The van der Waals surface area contributed by atoms with Crippen LogP contribution < -0.4 is 5.73 Å². The number of thiophene rings is 1. The fourth-order valence-electron chi connectivity index (χ4n) is 1.62. The highest BCUT2D eigenvalue weighted by molar-refractivity contribution is 7.15. The highest BCUT2D eigenvalue weighted by atomic mass is 32.1. The van der Waals surface area contributed by atoms with Crippen LogP contribution >= 0.6 is 11.3 Å². The van der Waals surface area contributed by atoms with Crippen LogP contribution in [0.2, 0.25) is 0 Å². The number of nitrogens with two attached hydrogens (primary N) is 1. The van der Waals surface area contributed by atoms with Crippen molar-refractivity contribution >= 4 is 11.3 Å². The van der Waals surface area contributed by atoms with E-state index in [1.54, 1.807) is 11.3 Å². The molecule has 0 bridgehead atoms. The fraction of sp³-hybridized carbons (Fsp3) is 0.286. The van der Waals surface area contributed by atoms with Crippen molar-refractivity contribution < 1.29 is 0 Å². The highest BCUT2D eigenvalue weighted by Gasteiger charge is 2.13. The molecule has 0 aliphatic carbocycles. The van der Waals surface area contributed by atoms with Crippen LogP contribution in [-0.4, -0.2) is 0 Å². The summed E-state index contributed by atoms with van der Waals surface area (Å²) < 4.78 is 0. The molecule has 0 spiro atoms. The zero-order valence-electron chi connectivity index (χ0n) is 9.68. The SMILES string of the molecule is CC(C)C(N)c1ccc(-c2ccccc2)s1. The minimum absolute atomic E-state index is 0.155. The van der Waals surface area contributed by atoms with Gasteiger partial charge >= 0.3 is 0 Å². The van der Waals surface area contributed by atoms with Crippen molar-refractivity contribution in [3.63, 3.8) is 0 Å². The molecule has 1 aromatic heterocycles. The summed E-state index contributed by atoms with van der Waals surface area (Å²) in [6.07, 6.45) is 0. The Hall–Kier alpha value is -1.12. The number of benzene rings is 1. The van der Waals surface area contributed by atoms with E-state index in [9.17, 15) is 0 Å². The Morgan fingerprint density at radius 1 is 1.00 bits per heavy atom. The largest absolute Gasteiger partial charge is 0.323 e. The zero-order chi connectivity index (χ0) is 11.5. The first-order valence-electron chi connectivity index (χ1n) is 5.59. The molecule has 2 N–H and O–H groups in total. The van der Waals surface area contributed by atoms with Crippen molar-refractivity contribution in [2.75, 3.05) is 0 Å². The maximum atomic E-state index is 6.14. The molecule has 1 aromatic carbocycles. The monoisotopic (exact) mass is 231 g/mol. The predicted molar refractivity (Wildman–Crippen MR) is 71.5 cm³/mol. The summed E-state index contributed by atoms with van der Waals surface area (Å²) in [5.41, 5.74) is 7.41. The quantitative estimate of drug-likeness (QED) is 0.846. The standard InChI is InChI=1S/C14H17NS/c1-10(2)14(15)13-9-8-12(16-13)11-6-4-3-5-7-11/h3-10,14H,15H2,1-2H3. The molecule has 0 aliphatic heterocycles. The molecule has 2 rings (SSSR count). The van der Waals surface area contributed by atoms with Crippen molar-refractivity contribution in [1.82, 2.24) is 0 Å². The van der Waals surface area contributed by atoms with E-state index in [1.807, 2.05) is 6.07 Å². The average molecular weight is 231 g/mol. The molecule has 0 aliphatic rings. The average Bonchev–Trinajstić information content (AvgIpc) is 2.78. The van der Waals surface area contributed by atoms with Gasteiger partial charge in [0.15, 0.2) is 0 Å². The van der Waals surface area contributed by atoms with Crippen LogP contribution in [0.5, 0.6) is 0 Å². The summed E-state index contributed by atoms with van der Waals surface area (Å²) in [5, 5.41) is 0. The van der Waals surface area contributed by atoms with Crippen molar-refractivity contribution in [1.29, 1.82) is 0 Å². The fourth-order valence-corrected chi connectivity index (χ4v) is 2.81. The molecule has 84 valence electrons. The lowest BCUT2D eigenvalue weighted by Gasteiger charge is -2.12. The van der Waals surface area contributed by atoms with Gasteiger partial charge in [0, 0.05) is 15.8 Å². The summed E-state index contributed by atoms with van der Waals surface area (Å²) >= 11 is 1.80. The normalized spacial score (nSPS) is 13.0. The number of hydrogen-bond acceptors (Lipinski definition) is 2. The first-order chi connectivity index (χ1) is 7.68. The Morgan fingerprint density at radius 3 is 2.31 bits per heavy atom. The summed E-state index contributed by atoms with van der Waals surface area (Å²) in [5.74, 6) is 0.488. The van der Waals surface area contributed by atoms with Crippen LogP contribution in [0, 0.1) is 5.92 Å². The van der Waals surface area contributed by atoms with Gasteiger partial charge in [0.05, 0.1) is 0 Å². The minimum Gasteiger partial charge on any atom is -0.323 e. The van der Waals surface area contributed by atoms with E-state index in [1.165, 1.54) is 15.3 Å². The van der Waals surface area contributed by atoms with Gasteiger partial charge in [0.25, 0.3) is 0 Å². The Bertz CT molecular complexity index is 445. The third-order valence-corrected chi connectivity index (χ3v) is 3.97. The second-order valence-corrected chi connectivity index (χ2v) is 5.45. The zero-order valence-corrected chi connectivity index (χ0v) is 10.5. The van der Waals surface area contributed by atoms with Gasteiger partial charge in [-0.2, -0.15) is 0 Å². The van der Waals surface area contributed by atoms with Gasteiger partial charge in [-0.15, -0.1) is 11.3 Å². The topological polar surface area (TPSA) is 26.0 Å². The molecule has 1 heterocycles. The molecule has 0 saturated carbocycles. The van der Waals surface area contributed by atoms with E-state index in [0.717, 1.165) is 0 Å². The predicted octanol–water partition coefficient (Wildman–Crippen LogP) is 4.07. The lowest BCUT2D eigenvalue weighted by atomic mass is 10.0. The van der Waals surface area contributed by atoms with Crippen LogP contribution in [0.15, 0.2) is 42.5 Å². The lowest BCUT2D eigenvalue weighted by Crippen LogP contribution is -2.14. The molecule has 1 nitrogen and oxygen atoms in total. The lowest BCUT2D eigenvalue weighted by molar-refractivity contribution is 0.521. The number of rotatable bonds is 3. The molecule has 2 aromatic rings. The van der Waals surface area contributed by atoms with Crippen LogP contribution in [0.4, 0.5) is 0 Å². The van der Waals surface area contributed by atoms with Gasteiger partial charge < -0.3 is 5.73 Å². The maximum Gasteiger partial charge on any atom is 0.0413 e. The number of hydrogen-bond donors (Lipinski definition) is 1. The highest BCUT2D eigenvalue weighted by Crippen LogP contribution is 2.32. The van der Waals surface area contributed by atoms with Gasteiger partial charge in [0.1, 0.15) is 0 Å². The van der Waals surface area contributed by atoms with Crippen molar-refractivity contribution in [3.8, 4) is 10.4 Å². The van der Waals surface area contributed by atoms with Gasteiger partial charge in [-0.3, -0.25) is 0 Å². The Labute approximate surface area is 101 Å². The first-order valence-corrected chi connectivity index (χ1v) is 6.41. The molecule has 0 fully saturated rings. The third kappa shape index (κ3) is 2.34. The van der Waals surface area contributed by atoms with E-state index >= 15 is 0 Å². The van der Waals surface area contributed by atoms with Crippen molar-refractivity contribution in [2.24, 2.45) is 11.7 Å². The van der Waals surface area contributed by atoms with Gasteiger partial charge in [0.2, 0.25) is 0 Å². The summed E-state index contributed by atoms with van der Waals surface area (Å²) in [6.45, 7) is 4.32. The molecule has 0 amide bonds. The molecule has 1 unspecified atom stereocenters. The second kappa shape index (κ2) is 4.81. The van der Waals surface area contributed by atoms with Crippen LogP contribution in [0.3, 0.4) is 0 Å². The van der Waals surface area contributed by atoms with Crippen molar-refractivity contribution in [3.05, 3.63) is 47.3 Å². The maximum absolute atomic E-state index is 6.14. The van der Waals surface area contributed by atoms with E-state index in [2.05, 4.69) is 50.2 Å². The van der Waals surface area contributed by atoms with E-state index in [-0.39, 0.29) is 6.04 Å². The molecular weight excluding hydrogens is 214 g/mol. The summed E-state index contributed by atoms with van der Waals surface area (Å²) in [4.78, 5) is 2.57. The smallest absolute Gasteiger partial charge is 0.0413 e. The van der Waals surface area contributed by atoms with Gasteiger partial charge in [-0.05, 0) is 23.6 Å². The Morgan fingerprint density at radius 2 is 1.69 bits per heavy atom. The molecule has 0 radical (unpaired) electrons. The summed E-state index contributed by atoms with van der Waals surface area (Å²) in [6, 6.07) is 14.9. The van der Waals surface area contributed by atoms with E-state index < -0.39 is 0 Å². The van der Waals surface area contributed by atoms with Crippen molar-refractivity contribution in [2.45, 2.75) is 19.9 Å². The van der Waals surface area contributed by atoms with Crippen LogP contribution in [0.1, 0.15) is 24.8 Å². The molecule has 1 atom stereocenters. The van der Waals surface area contributed by atoms with Crippen LogP contribution in [-0.2, 0) is 0 Å².